The first-order chi connectivity index (χ1) is 16.4. The Morgan fingerprint density at radius 2 is 1.97 bits per heavy atom. The van der Waals surface area contributed by atoms with Gasteiger partial charge >= 0.3 is 5.97 Å². The van der Waals surface area contributed by atoms with Crippen LogP contribution >= 0.6 is 11.6 Å². The molecule has 8 nitrogen and oxygen atoms in total. The van der Waals surface area contributed by atoms with Crippen molar-refractivity contribution < 1.29 is 19.2 Å². The molecule has 1 unspecified atom stereocenters. The van der Waals surface area contributed by atoms with Crippen LogP contribution in [0.25, 0.3) is 6.08 Å². The standard InChI is InChI=1S/C25H16ClN3O5/c26-21-7-2-1-4-15(21)8-11-23(30)33-18-9-10-19-22(13-18)34-25(28)20(14-27)24(19)16-5-3-6-17(12-16)29(31)32/h1-13,24H,28H2/b11-8+. The molecule has 2 N–H and O–H groups in total. The van der Waals surface area contributed by atoms with Crippen molar-refractivity contribution in [2.75, 3.05) is 0 Å². The Kier molecular flexibility index (Phi) is 6.30. The van der Waals surface area contributed by atoms with E-state index < -0.39 is 16.8 Å². The summed E-state index contributed by atoms with van der Waals surface area (Å²) in [5.41, 5.74) is 7.71. The molecule has 1 aliphatic heterocycles. The number of nitriles is 1. The summed E-state index contributed by atoms with van der Waals surface area (Å²) in [5, 5.41) is 21.4. The highest BCUT2D eigenvalue weighted by atomic mass is 35.5. The van der Waals surface area contributed by atoms with Crippen molar-refractivity contribution in [1.82, 2.24) is 0 Å². The van der Waals surface area contributed by atoms with Crippen molar-refractivity contribution in [3.8, 4) is 17.6 Å². The van der Waals surface area contributed by atoms with Gasteiger partial charge in [0.15, 0.2) is 0 Å². The first kappa shape index (κ1) is 22.6. The second kappa shape index (κ2) is 9.48. The number of halogens is 1. The average molecular weight is 474 g/mol. The number of fused-ring (bicyclic) bond motifs is 1. The minimum Gasteiger partial charge on any atom is -0.440 e. The van der Waals surface area contributed by atoms with Crippen LogP contribution in [-0.2, 0) is 4.79 Å². The van der Waals surface area contributed by atoms with Crippen LogP contribution in [0.5, 0.6) is 11.5 Å². The molecular formula is C25H16ClN3O5. The summed E-state index contributed by atoms with van der Waals surface area (Å²) in [6.07, 6.45) is 2.79. The van der Waals surface area contributed by atoms with E-state index >= 15 is 0 Å². The molecule has 0 saturated carbocycles. The minimum absolute atomic E-state index is 0.114. The van der Waals surface area contributed by atoms with Crippen molar-refractivity contribution >= 4 is 29.3 Å². The highest BCUT2D eigenvalue weighted by Crippen LogP contribution is 2.44. The zero-order valence-electron chi connectivity index (χ0n) is 17.5. The lowest BCUT2D eigenvalue weighted by atomic mass is 9.83. The number of non-ortho nitro benzene ring substituents is 1. The number of nitro groups is 1. The number of ether oxygens (including phenoxy) is 2. The second-order valence-corrected chi connectivity index (χ2v) is 7.66. The molecule has 0 aromatic heterocycles. The van der Waals surface area contributed by atoms with Crippen molar-refractivity contribution in [2.24, 2.45) is 5.73 Å². The quantitative estimate of drug-likeness (QED) is 0.180. The van der Waals surface area contributed by atoms with Crippen molar-refractivity contribution in [1.29, 1.82) is 5.26 Å². The van der Waals surface area contributed by atoms with Crippen LogP contribution < -0.4 is 15.2 Å². The number of esters is 1. The molecule has 0 aliphatic carbocycles. The molecule has 0 radical (unpaired) electrons. The Balaban J connectivity index is 1.63. The maximum atomic E-state index is 12.3. The summed E-state index contributed by atoms with van der Waals surface area (Å²) in [6.45, 7) is 0. The molecule has 4 rings (SSSR count). The monoisotopic (exact) mass is 473 g/mol. The fourth-order valence-corrected chi connectivity index (χ4v) is 3.78. The van der Waals surface area contributed by atoms with Crippen molar-refractivity contribution in [3.05, 3.63) is 116 Å². The number of nitrogens with zero attached hydrogens (tertiary/aromatic N) is 2. The van der Waals surface area contributed by atoms with Gasteiger partial charge in [-0.3, -0.25) is 10.1 Å². The number of hydrogen-bond donors (Lipinski definition) is 1. The SMILES string of the molecule is N#CC1=C(N)Oc2cc(OC(=O)/C=C/c3ccccc3Cl)ccc2C1c1cccc([N+](=O)[O-])c1. The predicted octanol–water partition coefficient (Wildman–Crippen LogP) is 5.09. The van der Waals surface area contributed by atoms with Gasteiger partial charge in [-0.25, -0.2) is 4.79 Å². The lowest BCUT2D eigenvalue weighted by Crippen LogP contribution is -2.21. The highest BCUT2D eigenvalue weighted by Gasteiger charge is 2.31. The van der Waals surface area contributed by atoms with Crippen LogP contribution in [0.15, 0.2) is 84.3 Å². The number of allylic oxidation sites excluding steroid dienone is 1. The molecule has 1 atom stereocenters. The Morgan fingerprint density at radius 3 is 2.71 bits per heavy atom. The number of hydrogen-bond acceptors (Lipinski definition) is 7. The summed E-state index contributed by atoms with van der Waals surface area (Å²) < 4.78 is 11.0. The van der Waals surface area contributed by atoms with Gasteiger partial charge in [-0.05, 0) is 29.3 Å². The third kappa shape index (κ3) is 4.60. The molecule has 34 heavy (non-hydrogen) atoms. The largest absolute Gasteiger partial charge is 0.440 e. The van der Waals surface area contributed by atoms with Gasteiger partial charge in [0.1, 0.15) is 23.1 Å². The first-order valence-corrected chi connectivity index (χ1v) is 10.4. The molecule has 3 aromatic rings. The highest BCUT2D eigenvalue weighted by molar-refractivity contribution is 6.32. The normalized spacial score (nSPS) is 14.8. The van der Waals surface area contributed by atoms with Crippen LogP contribution in [0.4, 0.5) is 5.69 Å². The molecule has 0 bridgehead atoms. The Bertz CT molecular complexity index is 1410. The zero-order valence-corrected chi connectivity index (χ0v) is 18.2. The van der Waals surface area contributed by atoms with E-state index in [1.807, 2.05) is 6.07 Å². The third-order valence-corrected chi connectivity index (χ3v) is 5.47. The Morgan fingerprint density at radius 1 is 1.18 bits per heavy atom. The first-order valence-electron chi connectivity index (χ1n) is 9.97. The fourth-order valence-electron chi connectivity index (χ4n) is 3.58. The summed E-state index contributed by atoms with van der Waals surface area (Å²) >= 11 is 6.08. The lowest BCUT2D eigenvalue weighted by molar-refractivity contribution is -0.384. The molecule has 168 valence electrons. The van der Waals surface area contributed by atoms with Crippen LogP contribution in [0.3, 0.4) is 0 Å². The van der Waals surface area contributed by atoms with E-state index in [1.54, 1.807) is 42.5 Å². The van der Waals surface area contributed by atoms with Gasteiger partial charge in [0, 0.05) is 34.9 Å². The molecule has 1 aliphatic rings. The van der Waals surface area contributed by atoms with E-state index in [9.17, 15) is 20.2 Å². The second-order valence-electron chi connectivity index (χ2n) is 7.25. The van der Waals surface area contributed by atoms with Gasteiger partial charge in [-0.15, -0.1) is 0 Å². The van der Waals surface area contributed by atoms with Crippen LogP contribution in [0.2, 0.25) is 5.02 Å². The summed E-state index contributed by atoms with van der Waals surface area (Å²) in [4.78, 5) is 23.0. The topological polar surface area (TPSA) is 128 Å². The predicted molar refractivity (Wildman–Crippen MR) is 125 cm³/mol. The van der Waals surface area contributed by atoms with E-state index in [4.69, 9.17) is 26.8 Å². The molecule has 0 spiro atoms. The molecule has 0 amide bonds. The third-order valence-electron chi connectivity index (χ3n) is 5.13. The number of carbonyl (C=O) groups is 1. The van der Waals surface area contributed by atoms with Gasteiger partial charge < -0.3 is 15.2 Å². The van der Waals surface area contributed by atoms with Gasteiger partial charge in [0.2, 0.25) is 5.88 Å². The van der Waals surface area contributed by atoms with Crippen LogP contribution in [-0.4, -0.2) is 10.9 Å². The van der Waals surface area contributed by atoms with E-state index in [-0.39, 0.29) is 28.6 Å². The van der Waals surface area contributed by atoms with Gasteiger partial charge in [0.05, 0.1) is 10.8 Å². The van der Waals surface area contributed by atoms with E-state index in [2.05, 4.69) is 0 Å². The average Bonchev–Trinajstić information content (AvgIpc) is 2.82. The van der Waals surface area contributed by atoms with Gasteiger partial charge in [-0.1, -0.05) is 48.0 Å². The maximum absolute atomic E-state index is 12.3. The Hall–Kier alpha value is -4.61. The number of nitrogens with two attached hydrogens (primary N) is 1. The van der Waals surface area contributed by atoms with Crippen LogP contribution in [0, 0.1) is 21.4 Å². The summed E-state index contributed by atoms with van der Waals surface area (Å²) in [6, 6.07) is 19.7. The smallest absolute Gasteiger partial charge is 0.336 e. The maximum Gasteiger partial charge on any atom is 0.336 e. The van der Waals surface area contributed by atoms with E-state index in [0.29, 0.717) is 21.7 Å². The number of rotatable bonds is 5. The van der Waals surface area contributed by atoms with Crippen molar-refractivity contribution in [2.45, 2.75) is 5.92 Å². The molecular weight excluding hydrogens is 458 g/mol. The number of benzene rings is 3. The fraction of sp³-hybridized carbons (Fsp3) is 0.0400. The number of carbonyl (C=O) groups excluding carboxylic acids is 1. The van der Waals surface area contributed by atoms with E-state index in [1.165, 1.54) is 36.4 Å². The van der Waals surface area contributed by atoms with Crippen LogP contribution in [0.1, 0.15) is 22.6 Å². The minimum atomic E-state index is -0.682. The van der Waals surface area contributed by atoms with Gasteiger partial charge in [0.25, 0.3) is 5.69 Å². The molecule has 1 heterocycles. The zero-order chi connectivity index (χ0) is 24.2. The summed E-state index contributed by atoms with van der Waals surface area (Å²) in [5.74, 6) is -0.980. The Labute approximate surface area is 199 Å². The lowest BCUT2D eigenvalue weighted by Gasteiger charge is -2.26. The summed E-state index contributed by atoms with van der Waals surface area (Å²) in [7, 11) is 0. The molecule has 0 saturated heterocycles. The molecule has 0 fully saturated rings. The molecule has 9 heteroatoms. The molecule has 3 aromatic carbocycles. The number of nitro benzene ring substituents is 1. The van der Waals surface area contributed by atoms with Crippen molar-refractivity contribution in [3.63, 3.8) is 0 Å². The van der Waals surface area contributed by atoms with E-state index in [0.717, 1.165) is 0 Å². The van der Waals surface area contributed by atoms with Gasteiger partial charge in [-0.2, -0.15) is 5.26 Å².